The second-order valence-corrected chi connectivity index (χ2v) is 6.40. The number of benzene rings is 1. The van der Waals surface area contributed by atoms with E-state index in [9.17, 15) is 9.90 Å². The molecule has 4 heteroatoms. The highest BCUT2D eigenvalue weighted by Gasteiger charge is 2.18. The highest BCUT2D eigenvalue weighted by molar-refractivity contribution is 5.97. The number of aryl methyl sites for hydroxylation is 1. The van der Waals surface area contributed by atoms with E-state index in [1.54, 1.807) is 0 Å². The molecule has 1 aromatic carbocycles. The number of carbonyl (C=O) groups is 1. The van der Waals surface area contributed by atoms with Gasteiger partial charge in [0.05, 0.1) is 0 Å². The van der Waals surface area contributed by atoms with E-state index in [1.807, 2.05) is 25.1 Å². The van der Waals surface area contributed by atoms with Crippen molar-refractivity contribution in [3.8, 4) is 0 Å². The molecule has 4 nitrogen and oxygen atoms in total. The molecule has 0 aliphatic heterocycles. The monoisotopic (exact) mass is 300 g/mol. The highest BCUT2D eigenvalue weighted by atomic mass is 16.4. The standard InChI is InChI=1S/C18H24N2O2/c1-12-8-9-14-15(17(18(21)22)20-16(14)10-12)11-19-13-6-4-2-3-5-7-13/h8-10,13,19-20H,2-7,11H2,1H3,(H,21,22). The van der Waals surface area contributed by atoms with Crippen molar-refractivity contribution in [2.75, 3.05) is 0 Å². The van der Waals surface area contributed by atoms with Gasteiger partial charge in [0, 0.05) is 29.1 Å². The van der Waals surface area contributed by atoms with Gasteiger partial charge in [-0.3, -0.25) is 0 Å². The number of hydrogen-bond donors (Lipinski definition) is 3. The number of carboxylic acid groups (broad SMARTS) is 1. The van der Waals surface area contributed by atoms with Gasteiger partial charge in [0.15, 0.2) is 0 Å². The maximum Gasteiger partial charge on any atom is 0.352 e. The molecule has 1 aliphatic carbocycles. The number of H-pyrrole nitrogens is 1. The quantitative estimate of drug-likeness (QED) is 0.748. The van der Waals surface area contributed by atoms with Crippen LogP contribution in [0.1, 0.15) is 60.1 Å². The Bertz CT molecular complexity index is 667. The van der Waals surface area contributed by atoms with Gasteiger partial charge in [-0.2, -0.15) is 0 Å². The van der Waals surface area contributed by atoms with Gasteiger partial charge in [-0.05, 0) is 31.4 Å². The van der Waals surface area contributed by atoms with Gasteiger partial charge in [0.25, 0.3) is 0 Å². The third-order valence-corrected chi connectivity index (χ3v) is 4.70. The van der Waals surface area contributed by atoms with Crippen molar-refractivity contribution in [3.05, 3.63) is 35.0 Å². The topological polar surface area (TPSA) is 65.1 Å². The zero-order chi connectivity index (χ0) is 15.5. The Labute approximate surface area is 130 Å². The lowest BCUT2D eigenvalue weighted by molar-refractivity contribution is 0.0690. The fourth-order valence-corrected chi connectivity index (χ4v) is 3.47. The van der Waals surface area contributed by atoms with Gasteiger partial charge in [0.1, 0.15) is 5.69 Å². The van der Waals surface area contributed by atoms with E-state index in [0.29, 0.717) is 18.3 Å². The normalized spacial score (nSPS) is 16.8. The Morgan fingerprint density at radius 3 is 2.68 bits per heavy atom. The van der Waals surface area contributed by atoms with Crippen LogP contribution in [0.25, 0.3) is 10.9 Å². The highest BCUT2D eigenvalue weighted by Crippen LogP contribution is 2.25. The van der Waals surface area contributed by atoms with Crippen LogP contribution in [-0.2, 0) is 6.54 Å². The summed E-state index contributed by atoms with van der Waals surface area (Å²) in [5.41, 5.74) is 3.25. The summed E-state index contributed by atoms with van der Waals surface area (Å²) in [6.45, 7) is 2.64. The third-order valence-electron chi connectivity index (χ3n) is 4.70. The van der Waals surface area contributed by atoms with E-state index in [0.717, 1.165) is 22.0 Å². The van der Waals surface area contributed by atoms with Crippen LogP contribution in [0, 0.1) is 6.92 Å². The smallest absolute Gasteiger partial charge is 0.352 e. The summed E-state index contributed by atoms with van der Waals surface area (Å²) in [5.74, 6) is -0.883. The first-order valence-corrected chi connectivity index (χ1v) is 8.23. The SMILES string of the molecule is Cc1ccc2c(CNC3CCCCCC3)c(C(=O)O)[nH]c2c1. The molecular weight excluding hydrogens is 276 g/mol. The number of aromatic nitrogens is 1. The van der Waals surface area contributed by atoms with Gasteiger partial charge in [-0.25, -0.2) is 4.79 Å². The third kappa shape index (κ3) is 3.17. The van der Waals surface area contributed by atoms with Crippen molar-refractivity contribution in [2.45, 2.75) is 58.0 Å². The number of aromatic carboxylic acids is 1. The molecule has 0 bridgehead atoms. The molecule has 118 valence electrons. The van der Waals surface area contributed by atoms with E-state index < -0.39 is 5.97 Å². The molecule has 1 fully saturated rings. The minimum absolute atomic E-state index is 0.321. The number of fused-ring (bicyclic) bond motifs is 1. The number of aromatic amines is 1. The van der Waals surface area contributed by atoms with Crippen molar-refractivity contribution in [1.82, 2.24) is 10.3 Å². The second kappa shape index (κ2) is 6.53. The van der Waals surface area contributed by atoms with Crippen LogP contribution >= 0.6 is 0 Å². The Balaban J connectivity index is 1.84. The van der Waals surface area contributed by atoms with E-state index in [4.69, 9.17) is 0 Å². The summed E-state index contributed by atoms with van der Waals surface area (Å²) in [5, 5.41) is 14.1. The second-order valence-electron chi connectivity index (χ2n) is 6.40. The average molecular weight is 300 g/mol. The van der Waals surface area contributed by atoms with E-state index in [2.05, 4.69) is 10.3 Å². The summed E-state index contributed by atoms with van der Waals surface area (Å²) in [6, 6.07) is 6.59. The molecule has 3 rings (SSSR count). The Kier molecular flexibility index (Phi) is 4.48. The summed E-state index contributed by atoms with van der Waals surface area (Å²) in [4.78, 5) is 14.6. The van der Waals surface area contributed by atoms with Gasteiger partial charge in [0.2, 0.25) is 0 Å². The Morgan fingerprint density at radius 2 is 2.00 bits per heavy atom. The van der Waals surface area contributed by atoms with Crippen molar-refractivity contribution in [3.63, 3.8) is 0 Å². The van der Waals surface area contributed by atoms with Crippen molar-refractivity contribution in [2.24, 2.45) is 0 Å². The number of hydrogen-bond acceptors (Lipinski definition) is 2. The maximum absolute atomic E-state index is 11.5. The first-order chi connectivity index (χ1) is 10.6. The molecule has 1 aliphatic rings. The molecule has 2 aromatic rings. The fraction of sp³-hybridized carbons (Fsp3) is 0.500. The molecule has 0 atom stereocenters. The predicted octanol–water partition coefficient (Wildman–Crippen LogP) is 3.99. The van der Waals surface area contributed by atoms with Crippen LogP contribution in [0.15, 0.2) is 18.2 Å². The van der Waals surface area contributed by atoms with Gasteiger partial charge >= 0.3 is 5.97 Å². The first kappa shape index (κ1) is 15.1. The summed E-state index contributed by atoms with van der Waals surface area (Å²) >= 11 is 0. The molecule has 1 heterocycles. The van der Waals surface area contributed by atoms with E-state index >= 15 is 0 Å². The Hall–Kier alpha value is -1.81. The van der Waals surface area contributed by atoms with Crippen LogP contribution < -0.4 is 5.32 Å². The molecule has 0 spiro atoms. The lowest BCUT2D eigenvalue weighted by Crippen LogP contribution is -2.28. The predicted molar refractivity (Wildman–Crippen MR) is 88.3 cm³/mol. The van der Waals surface area contributed by atoms with E-state index in [-0.39, 0.29) is 0 Å². The largest absolute Gasteiger partial charge is 0.477 e. The number of rotatable bonds is 4. The molecular formula is C18H24N2O2. The zero-order valence-electron chi connectivity index (χ0n) is 13.1. The maximum atomic E-state index is 11.5. The van der Waals surface area contributed by atoms with Crippen LogP contribution in [0.2, 0.25) is 0 Å². The average Bonchev–Trinajstić information content (AvgIpc) is 2.67. The van der Waals surface area contributed by atoms with Crippen LogP contribution in [0.4, 0.5) is 0 Å². The van der Waals surface area contributed by atoms with Crippen LogP contribution in [0.5, 0.6) is 0 Å². The minimum Gasteiger partial charge on any atom is -0.477 e. The van der Waals surface area contributed by atoms with Crippen molar-refractivity contribution < 1.29 is 9.90 Å². The van der Waals surface area contributed by atoms with Crippen LogP contribution in [0.3, 0.4) is 0 Å². The summed E-state index contributed by atoms with van der Waals surface area (Å²) in [7, 11) is 0. The van der Waals surface area contributed by atoms with Crippen LogP contribution in [-0.4, -0.2) is 22.1 Å². The van der Waals surface area contributed by atoms with Gasteiger partial charge in [-0.15, -0.1) is 0 Å². The first-order valence-electron chi connectivity index (χ1n) is 8.23. The molecule has 0 amide bonds. The summed E-state index contributed by atoms with van der Waals surface area (Å²) in [6.07, 6.45) is 7.59. The number of nitrogens with one attached hydrogen (secondary N) is 2. The zero-order valence-corrected chi connectivity index (χ0v) is 13.1. The number of carboxylic acids is 1. The van der Waals surface area contributed by atoms with Crippen molar-refractivity contribution >= 4 is 16.9 Å². The molecule has 0 radical (unpaired) electrons. The summed E-state index contributed by atoms with van der Waals surface area (Å²) < 4.78 is 0. The molecule has 22 heavy (non-hydrogen) atoms. The molecule has 1 saturated carbocycles. The molecule has 0 saturated heterocycles. The molecule has 3 N–H and O–H groups in total. The van der Waals surface area contributed by atoms with Crippen molar-refractivity contribution in [1.29, 1.82) is 0 Å². The molecule has 0 unspecified atom stereocenters. The lowest BCUT2D eigenvalue weighted by atomic mass is 10.1. The van der Waals surface area contributed by atoms with E-state index in [1.165, 1.54) is 38.5 Å². The fourth-order valence-electron chi connectivity index (χ4n) is 3.47. The lowest BCUT2D eigenvalue weighted by Gasteiger charge is -2.16. The Morgan fingerprint density at radius 1 is 1.27 bits per heavy atom. The molecule has 1 aromatic heterocycles. The minimum atomic E-state index is -0.883. The van der Waals surface area contributed by atoms with Gasteiger partial charge in [-0.1, -0.05) is 37.8 Å². The van der Waals surface area contributed by atoms with Gasteiger partial charge < -0.3 is 15.4 Å².